The van der Waals surface area contributed by atoms with Crippen molar-refractivity contribution in [3.8, 4) is 5.75 Å². The van der Waals surface area contributed by atoms with E-state index < -0.39 is 0 Å². The number of benzene rings is 1. The molecule has 24 heavy (non-hydrogen) atoms. The molecule has 1 aromatic carbocycles. The van der Waals surface area contributed by atoms with Crippen LogP contribution in [-0.2, 0) is 17.8 Å². The van der Waals surface area contributed by atoms with Crippen LogP contribution in [-0.4, -0.2) is 24.5 Å². The molecule has 3 heteroatoms. The Balaban J connectivity index is 1.62. The normalized spacial score (nSPS) is 24.4. The number of rotatable bonds is 2. The standard InChI is InChI=1S/C21H31NO2/c1-21(2,3)18-8-5-16(6-9-18)20(23)22-12-11-15-7-10-19(24-4)13-17(15)14-22/h7,10,13,16,18H,5-6,8-9,11-12,14H2,1-4H3. The van der Waals surface area contributed by atoms with Crippen molar-refractivity contribution in [2.24, 2.45) is 17.3 Å². The van der Waals surface area contributed by atoms with Crippen molar-refractivity contribution in [1.82, 2.24) is 4.90 Å². The highest BCUT2D eigenvalue weighted by Gasteiger charge is 2.34. The Bertz CT molecular complexity index is 594. The van der Waals surface area contributed by atoms with Gasteiger partial charge in [0, 0.05) is 19.0 Å². The molecule has 0 aromatic heterocycles. The quantitative estimate of drug-likeness (QED) is 0.803. The molecule has 2 aliphatic rings. The Morgan fingerprint density at radius 3 is 2.46 bits per heavy atom. The number of ether oxygens (including phenoxy) is 1. The Hall–Kier alpha value is -1.51. The molecule has 1 aromatic rings. The van der Waals surface area contributed by atoms with E-state index in [1.165, 1.54) is 24.0 Å². The van der Waals surface area contributed by atoms with Gasteiger partial charge < -0.3 is 9.64 Å². The molecule has 1 amide bonds. The minimum Gasteiger partial charge on any atom is -0.497 e. The number of nitrogens with zero attached hydrogens (tertiary/aromatic N) is 1. The summed E-state index contributed by atoms with van der Waals surface area (Å²) in [5.74, 6) is 2.24. The highest BCUT2D eigenvalue weighted by molar-refractivity contribution is 5.79. The summed E-state index contributed by atoms with van der Waals surface area (Å²) < 4.78 is 5.33. The van der Waals surface area contributed by atoms with E-state index in [9.17, 15) is 4.79 Å². The molecule has 0 unspecified atom stereocenters. The van der Waals surface area contributed by atoms with Crippen LogP contribution < -0.4 is 4.74 Å². The molecule has 3 rings (SSSR count). The van der Waals surface area contributed by atoms with Crippen molar-refractivity contribution in [2.75, 3.05) is 13.7 Å². The van der Waals surface area contributed by atoms with Crippen LogP contribution >= 0.6 is 0 Å². The molecule has 1 saturated carbocycles. The van der Waals surface area contributed by atoms with Crippen molar-refractivity contribution >= 4 is 5.91 Å². The molecule has 1 heterocycles. The summed E-state index contributed by atoms with van der Waals surface area (Å²) in [6.45, 7) is 8.58. The number of hydrogen-bond donors (Lipinski definition) is 0. The molecular weight excluding hydrogens is 298 g/mol. The van der Waals surface area contributed by atoms with E-state index in [1.807, 2.05) is 6.07 Å². The zero-order chi connectivity index (χ0) is 17.3. The summed E-state index contributed by atoms with van der Waals surface area (Å²) in [5.41, 5.74) is 2.97. The van der Waals surface area contributed by atoms with Gasteiger partial charge in [0.2, 0.25) is 5.91 Å². The van der Waals surface area contributed by atoms with Gasteiger partial charge in [-0.05, 0) is 66.7 Å². The minimum atomic E-state index is 0.232. The van der Waals surface area contributed by atoms with Gasteiger partial charge in [0.25, 0.3) is 0 Å². The van der Waals surface area contributed by atoms with Gasteiger partial charge in [0.15, 0.2) is 0 Å². The lowest BCUT2D eigenvalue weighted by Crippen LogP contribution is -2.41. The number of fused-ring (bicyclic) bond motifs is 1. The van der Waals surface area contributed by atoms with E-state index in [0.717, 1.165) is 44.0 Å². The summed E-state index contributed by atoms with van der Waals surface area (Å²) in [7, 11) is 1.70. The van der Waals surface area contributed by atoms with Gasteiger partial charge in [0.1, 0.15) is 5.75 Å². The van der Waals surface area contributed by atoms with E-state index >= 15 is 0 Å². The van der Waals surface area contributed by atoms with Crippen LogP contribution in [0.2, 0.25) is 0 Å². The lowest BCUT2D eigenvalue weighted by Gasteiger charge is -2.38. The lowest BCUT2D eigenvalue weighted by molar-refractivity contribution is -0.138. The highest BCUT2D eigenvalue weighted by atomic mass is 16.5. The van der Waals surface area contributed by atoms with Crippen LogP contribution in [0.5, 0.6) is 5.75 Å². The molecule has 0 bridgehead atoms. The number of methoxy groups -OCH3 is 1. The summed E-state index contributed by atoms with van der Waals surface area (Å²) in [5, 5.41) is 0. The number of carbonyl (C=O) groups excluding carboxylic acids is 1. The first kappa shape index (κ1) is 17.3. The predicted octanol–water partition coefficient (Wildman–Crippen LogP) is 4.43. The fourth-order valence-electron chi connectivity index (χ4n) is 4.31. The molecule has 0 N–H and O–H groups in total. The molecular formula is C21H31NO2. The third-order valence-corrected chi connectivity index (χ3v) is 6.04. The average molecular weight is 329 g/mol. The molecule has 1 aliphatic carbocycles. The fourth-order valence-corrected chi connectivity index (χ4v) is 4.31. The van der Waals surface area contributed by atoms with E-state index in [2.05, 4.69) is 37.8 Å². The van der Waals surface area contributed by atoms with Gasteiger partial charge in [-0.3, -0.25) is 4.79 Å². The monoisotopic (exact) mass is 329 g/mol. The summed E-state index contributed by atoms with van der Waals surface area (Å²) in [6, 6.07) is 6.25. The van der Waals surface area contributed by atoms with E-state index in [1.54, 1.807) is 7.11 Å². The van der Waals surface area contributed by atoms with E-state index in [4.69, 9.17) is 4.74 Å². The first-order valence-electron chi connectivity index (χ1n) is 9.33. The Kier molecular flexibility index (Phi) is 4.89. The van der Waals surface area contributed by atoms with Gasteiger partial charge >= 0.3 is 0 Å². The lowest BCUT2D eigenvalue weighted by atomic mass is 9.69. The van der Waals surface area contributed by atoms with Crippen LogP contribution in [0.3, 0.4) is 0 Å². The molecule has 3 nitrogen and oxygen atoms in total. The van der Waals surface area contributed by atoms with Crippen LogP contribution in [0.1, 0.15) is 57.6 Å². The SMILES string of the molecule is COc1ccc2c(c1)CN(C(=O)C1CCC(C(C)(C)C)CC1)CC2. The Morgan fingerprint density at radius 2 is 1.83 bits per heavy atom. The van der Waals surface area contributed by atoms with Crippen LogP contribution in [0, 0.1) is 17.3 Å². The van der Waals surface area contributed by atoms with Gasteiger partial charge in [0.05, 0.1) is 7.11 Å². The maximum Gasteiger partial charge on any atom is 0.225 e. The first-order chi connectivity index (χ1) is 11.4. The van der Waals surface area contributed by atoms with Gasteiger partial charge in [-0.15, -0.1) is 0 Å². The van der Waals surface area contributed by atoms with Gasteiger partial charge in [-0.1, -0.05) is 26.8 Å². The second-order valence-corrected chi connectivity index (χ2v) is 8.56. The molecule has 1 aliphatic heterocycles. The topological polar surface area (TPSA) is 29.5 Å². The maximum absolute atomic E-state index is 13.0. The second-order valence-electron chi connectivity index (χ2n) is 8.56. The Morgan fingerprint density at radius 1 is 1.12 bits per heavy atom. The number of hydrogen-bond acceptors (Lipinski definition) is 2. The van der Waals surface area contributed by atoms with Gasteiger partial charge in [-0.2, -0.15) is 0 Å². The van der Waals surface area contributed by atoms with Crippen molar-refractivity contribution < 1.29 is 9.53 Å². The minimum absolute atomic E-state index is 0.232. The zero-order valence-electron chi connectivity index (χ0n) is 15.6. The first-order valence-corrected chi connectivity index (χ1v) is 9.33. The molecule has 1 fully saturated rings. The maximum atomic E-state index is 13.0. The largest absolute Gasteiger partial charge is 0.497 e. The fraction of sp³-hybridized carbons (Fsp3) is 0.667. The highest BCUT2D eigenvalue weighted by Crippen LogP contribution is 2.40. The van der Waals surface area contributed by atoms with E-state index in [-0.39, 0.29) is 5.92 Å². The molecule has 0 radical (unpaired) electrons. The van der Waals surface area contributed by atoms with E-state index in [0.29, 0.717) is 11.3 Å². The third-order valence-electron chi connectivity index (χ3n) is 6.04. The summed E-state index contributed by atoms with van der Waals surface area (Å²) >= 11 is 0. The van der Waals surface area contributed by atoms with Crippen molar-refractivity contribution in [1.29, 1.82) is 0 Å². The van der Waals surface area contributed by atoms with Crippen LogP contribution in [0.4, 0.5) is 0 Å². The molecule has 0 atom stereocenters. The Labute approximate surface area is 146 Å². The molecule has 132 valence electrons. The predicted molar refractivity (Wildman–Crippen MR) is 97.0 cm³/mol. The number of carbonyl (C=O) groups is 1. The molecule has 0 spiro atoms. The van der Waals surface area contributed by atoms with Crippen LogP contribution in [0.15, 0.2) is 18.2 Å². The van der Waals surface area contributed by atoms with Crippen molar-refractivity contribution in [3.63, 3.8) is 0 Å². The smallest absolute Gasteiger partial charge is 0.225 e. The summed E-state index contributed by atoms with van der Waals surface area (Å²) in [6.07, 6.45) is 5.46. The van der Waals surface area contributed by atoms with Gasteiger partial charge in [-0.25, -0.2) is 0 Å². The third kappa shape index (κ3) is 3.60. The summed E-state index contributed by atoms with van der Waals surface area (Å²) in [4.78, 5) is 15.0. The van der Waals surface area contributed by atoms with Crippen molar-refractivity contribution in [3.05, 3.63) is 29.3 Å². The zero-order valence-corrected chi connectivity index (χ0v) is 15.6. The average Bonchev–Trinajstić information content (AvgIpc) is 2.59. The molecule has 0 saturated heterocycles. The van der Waals surface area contributed by atoms with Crippen LogP contribution in [0.25, 0.3) is 0 Å². The second kappa shape index (κ2) is 6.78. The van der Waals surface area contributed by atoms with Crippen molar-refractivity contribution in [2.45, 2.75) is 59.4 Å². The number of amides is 1.